The second-order valence-corrected chi connectivity index (χ2v) is 8.00. The zero-order valence-corrected chi connectivity index (χ0v) is 18.6. The molecule has 5 rings (SSSR count). The van der Waals surface area contributed by atoms with E-state index in [-0.39, 0.29) is 19.1 Å². The molecule has 33 heavy (non-hydrogen) atoms. The van der Waals surface area contributed by atoms with E-state index in [2.05, 4.69) is 0 Å². The topological polar surface area (TPSA) is 73.7 Å². The number of nitrogens with zero attached hydrogens (tertiary/aromatic N) is 3. The van der Waals surface area contributed by atoms with E-state index in [9.17, 15) is 9.59 Å². The van der Waals surface area contributed by atoms with Crippen LogP contribution in [0.15, 0.2) is 66.7 Å². The molecule has 0 spiro atoms. The number of imidazole rings is 1. The number of benzene rings is 3. The van der Waals surface area contributed by atoms with Gasteiger partial charge in [0.15, 0.2) is 5.92 Å². The Morgan fingerprint density at radius 1 is 1.03 bits per heavy atom. The zero-order valence-electron chi connectivity index (χ0n) is 18.6. The van der Waals surface area contributed by atoms with E-state index in [1.54, 1.807) is 18.9 Å². The Kier molecular flexibility index (Phi) is 5.56. The van der Waals surface area contributed by atoms with E-state index < -0.39 is 17.9 Å². The molecule has 0 saturated carbocycles. The molecule has 0 saturated heterocycles. The Labute approximate surface area is 191 Å². The Morgan fingerprint density at radius 2 is 1.79 bits per heavy atom. The zero-order chi connectivity index (χ0) is 22.9. The highest BCUT2D eigenvalue weighted by Gasteiger charge is 2.48. The first kappa shape index (κ1) is 21.2. The van der Waals surface area contributed by atoms with Gasteiger partial charge in [-0.2, -0.15) is 0 Å². The van der Waals surface area contributed by atoms with Gasteiger partial charge in [0.05, 0.1) is 36.8 Å². The third kappa shape index (κ3) is 3.45. The SMILES string of the molecule is CCOC(=O)[C@@H]1C(=O)N(CCOC)c2nc3ccccc3n2[C@H]1c1cccc2ccccc12. The molecule has 1 aromatic heterocycles. The number of carbonyl (C=O) groups is 2. The van der Waals surface area contributed by atoms with Gasteiger partial charge in [-0.25, -0.2) is 4.98 Å². The van der Waals surface area contributed by atoms with E-state index in [0.717, 1.165) is 27.4 Å². The second kappa shape index (κ2) is 8.67. The van der Waals surface area contributed by atoms with Crippen LogP contribution < -0.4 is 4.90 Å². The molecule has 0 radical (unpaired) electrons. The van der Waals surface area contributed by atoms with Crippen LogP contribution in [0.4, 0.5) is 5.95 Å². The third-order valence-corrected chi connectivity index (χ3v) is 6.15. The fourth-order valence-electron chi connectivity index (χ4n) is 4.73. The third-order valence-electron chi connectivity index (χ3n) is 6.15. The summed E-state index contributed by atoms with van der Waals surface area (Å²) in [6.07, 6.45) is 0. The molecule has 0 aliphatic carbocycles. The summed E-state index contributed by atoms with van der Waals surface area (Å²) < 4.78 is 12.7. The van der Waals surface area contributed by atoms with E-state index in [1.807, 2.05) is 71.3 Å². The van der Waals surface area contributed by atoms with Crippen LogP contribution in [0, 0.1) is 5.92 Å². The molecular weight excluding hydrogens is 418 g/mol. The molecule has 1 aliphatic heterocycles. The Morgan fingerprint density at radius 3 is 2.61 bits per heavy atom. The van der Waals surface area contributed by atoms with Crippen molar-refractivity contribution in [2.24, 2.45) is 5.92 Å². The van der Waals surface area contributed by atoms with Gasteiger partial charge in [0.2, 0.25) is 11.9 Å². The van der Waals surface area contributed by atoms with Crippen LogP contribution in [0.25, 0.3) is 21.8 Å². The summed E-state index contributed by atoms with van der Waals surface area (Å²) in [5.74, 6) is -1.40. The van der Waals surface area contributed by atoms with Crippen molar-refractivity contribution in [2.45, 2.75) is 13.0 Å². The highest BCUT2D eigenvalue weighted by atomic mass is 16.5. The number of esters is 1. The minimum atomic E-state index is -1.04. The van der Waals surface area contributed by atoms with Crippen molar-refractivity contribution >= 4 is 39.6 Å². The predicted molar refractivity (Wildman–Crippen MR) is 126 cm³/mol. The average molecular weight is 444 g/mol. The number of aromatic nitrogens is 2. The first-order valence-corrected chi connectivity index (χ1v) is 11.1. The van der Waals surface area contributed by atoms with Crippen molar-refractivity contribution < 1.29 is 19.1 Å². The quantitative estimate of drug-likeness (QED) is 0.333. The van der Waals surface area contributed by atoms with Gasteiger partial charge in [0.25, 0.3) is 0 Å². The largest absolute Gasteiger partial charge is 0.465 e. The van der Waals surface area contributed by atoms with Crippen molar-refractivity contribution in [2.75, 3.05) is 31.8 Å². The number of carbonyl (C=O) groups excluding carboxylic acids is 2. The summed E-state index contributed by atoms with van der Waals surface area (Å²) in [6.45, 7) is 2.56. The molecule has 0 fully saturated rings. The van der Waals surface area contributed by atoms with Crippen LogP contribution in [0.2, 0.25) is 0 Å². The lowest BCUT2D eigenvalue weighted by Crippen LogP contribution is -2.51. The molecule has 2 heterocycles. The molecule has 0 unspecified atom stereocenters. The van der Waals surface area contributed by atoms with Gasteiger partial charge in [-0.3, -0.25) is 14.5 Å². The number of hydrogen-bond acceptors (Lipinski definition) is 5. The number of para-hydroxylation sites is 2. The highest BCUT2D eigenvalue weighted by molar-refractivity contribution is 6.09. The molecule has 0 bridgehead atoms. The fraction of sp³-hybridized carbons (Fsp3) is 0.269. The first-order valence-electron chi connectivity index (χ1n) is 11.1. The number of rotatable bonds is 6. The van der Waals surface area contributed by atoms with E-state index in [0.29, 0.717) is 12.6 Å². The highest BCUT2D eigenvalue weighted by Crippen LogP contribution is 2.43. The maximum Gasteiger partial charge on any atom is 0.321 e. The smallest absolute Gasteiger partial charge is 0.321 e. The summed E-state index contributed by atoms with van der Waals surface area (Å²) in [5.41, 5.74) is 2.50. The van der Waals surface area contributed by atoms with Gasteiger partial charge in [-0.1, -0.05) is 54.6 Å². The van der Waals surface area contributed by atoms with Gasteiger partial charge in [0, 0.05) is 7.11 Å². The molecule has 7 heteroatoms. The van der Waals surface area contributed by atoms with Crippen molar-refractivity contribution in [1.29, 1.82) is 0 Å². The molecular formula is C26H25N3O4. The van der Waals surface area contributed by atoms with Crippen LogP contribution in [-0.4, -0.2) is 48.3 Å². The van der Waals surface area contributed by atoms with Crippen molar-refractivity contribution in [3.63, 3.8) is 0 Å². The van der Waals surface area contributed by atoms with Crippen molar-refractivity contribution in [3.05, 3.63) is 72.3 Å². The summed E-state index contributed by atoms with van der Waals surface area (Å²) in [4.78, 5) is 33.4. The van der Waals surface area contributed by atoms with E-state index >= 15 is 0 Å². The average Bonchev–Trinajstić information content (AvgIpc) is 3.22. The summed E-state index contributed by atoms with van der Waals surface area (Å²) in [7, 11) is 1.58. The summed E-state index contributed by atoms with van der Waals surface area (Å²) in [5, 5.41) is 2.03. The second-order valence-electron chi connectivity index (χ2n) is 8.00. The van der Waals surface area contributed by atoms with Gasteiger partial charge >= 0.3 is 5.97 Å². The molecule has 0 N–H and O–H groups in total. The Hall–Kier alpha value is -3.71. The maximum absolute atomic E-state index is 13.8. The maximum atomic E-state index is 13.8. The standard InChI is InChI=1S/C26H25N3O4/c1-3-33-25(31)22-23(19-12-8-10-17-9-4-5-11-18(17)19)29-21-14-7-6-13-20(21)27-26(29)28(24(22)30)15-16-32-2/h4-14,22-23H,3,15-16H2,1-2H3/t22-,23-/m0/s1. The number of anilines is 1. The molecule has 3 aromatic carbocycles. The minimum Gasteiger partial charge on any atom is -0.465 e. The molecule has 168 valence electrons. The van der Waals surface area contributed by atoms with Crippen LogP contribution in [0.5, 0.6) is 0 Å². The number of amides is 1. The van der Waals surface area contributed by atoms with E-state index in [1.165, 1.54) is 0 Å². The van der Waals surface area contributed by atoms with Gasteiger partial charge in [0.1, 0.15) is 0 Å². The Balaban J connectivity index is 1.82. The lowest BCUT2D eigenvalue weighted by Gasteiger charge is -2.38. The first-order chi connectivity index (χ1) is 16.2. The molecule has 7 nitrogen and oxygen atoms in total. The Bertz CT molecular complexity index is 1340. The molecule has 1 aliphatic rings. The molecule has 4 aromatic rings. The molecule has 1 amide bonds. The number of hydrogen-bond donors (Lipinski definition) is 0. The van der Waals surface area contributed by atoms with Crippen LogP contribution >= 0.6 is 0 Å². The van der Waals surface area contributed by atoms with Crippen LogP contribution in [0.3, 0.4) is 0 Å². The minimum absolute atomic E-state index is 0.195. The summed E-state index contributed by atoms with van der Waals surface area (Å²) in [6, 6.07) is 21.1. The predicted octanol–water partition coefficient (Wildman–Crippen LogP) is 3.95. The van der Waals surface area contributed by atoms with Crippen molar-refractivity contribution in [1.82, 2.24) is 9.55 Å². The summed E-state index contributed by atoms with van der Waals surface area (Å²) >= 11 is 0. The number of methoxy groups -OCH3 is 1. The van der Waals surface area contributed by atoms with Crippen LogP contribution in [0.1, 0.15) is 18.5 Å². The lowest BCUT2D eigenvalue weighted by molar-refractivity contribution is -0.153. The van der Waals surface area contributed by atoms with Gasteiger partial charge in [-0.05, 0) is 35.4 Å². The fourth-order valence-corrected chi connectivity index (χ4v) is 4.73. The monoisotopic (exact) mass is 443 g/mol. The molecule has 2 atom stereocenters. The number of ether oxygens (including phenoxy) is 2. The van der Waals surface area contributed by atoms with Crippen molar-refractivity contribution in [3.8, 4) is 0 Å². The van der Waals surface area contributed by atoms with E-state index in [4.69, 9.17) is 14.5 Å². The van der Waals surface area contributed by atoms with Gasteiger partial charge in [-0.15, -0.1) is 0 Å². The van der Waals surface area contributed by atoms with Crippen LogP contribution in [-0.2, 0) is 19.1 Å². The van der Waals surface area contributed by atoms with Gasteiger partial charge < -0.3 is 14.0 Å². The number of fused-ring (bicyclic) bond motifs is 4. The lowest BCUT2D eigenvalue weighted by atomic mass is 9.86. The normalized spacial score (nSPS) is 18.0.